The van der Waals surface area contributed by atoms with Crippen molar-refractivity contribution < 1.29 is 9.53 Å². The van der Waals surface area contributed by atoms with Crippen LogP contribution in [0.3, 0.4) is 0 Å². The molecule has 25 heavy (non-hydrogen) atoms. The smallest absolute Gasteiger partial charge is 0.236 e. The Labute approximate surface area is 152 Å². The summed E-state index contributed by atoms with van der Waals surface area (Å²) in [7, 11) is 0. The van der Waals surface area contributed by atoms with Gasteiger partial charge in [0.1, 0.15) is 0 Å². The van der Waals surface area contributed by atoms with Crippen molar-refractivity contribution in [3.63, 3.8) is 0 Å². The molecule has 3 unspecified atom stereocenters. The van der Waals surface area contributed by atoms with Gasteiger partial charge in [-0.25, -0.2) is 0 Å². The number of ether oxygens (including phenoxy) is 1. The summed E-state index contributed by atoms with van der Waals surface area (Å²) in [6.07, 6.45) is 5.25. The Hall–Kier alpha value is -0.690. The quantitative estimate of drug-likeness (QED) is 0.733. The highest BCUT2D eigenvalue weighted by Gasteiger charge is 2.28. The highest BCUT2D eigenvalue weighted by molar-refractivity contribution is 5.78. The summed E-state index contributed by atoms with van der Waals surface area (Å²) in [5.41, 5.74) is 0. The van der Waals surface area contributed by atoms with E-state index in [1.165, 1.54) is 19.4 Å². The highest BCUT2D eigenvalue weighted by atomic mass is 16.5. The molecule has 1 amide bonds. The third-order valence-corrected chi connectivity index (χ3v) is 6.21. The first-order valence-corrected chi connectivity index (χ1v) is 10.2. The molecule has 144 valence electrons. The maximum atomic E-state index is 12.3. The number of likely N-dealkylation sites (tertiary alicyclic amines) is 1. The molecule has 3 atom stereocenters. The summed E-state index contributed by atoms with van der Waals surface area (Å²) in [6, 6.07) is 1.46. The first kappa shape index (κ1) is 19.1. The molecule has 3 saturated heterocycles. The van der Waals surface area contributed by atoms with Gasteiger partial charge in [0.05, 0.1) is 12.6 Å². The van der Waals surface area contributed by atoms with Gasteiger partial charge in [-0.05, 0) is 39.5 Å². The molecule has 0 aromatic rings. The van der Waals surface area contributed by atoms with Crippen molar-refractivity contribution in [2.75, 3.05) is 59.0 Å². The van der Waals surface area contributed by atoms with E-state index in [4.69, 9.17) is 4.74 Å². The number of amides is 1. The first-order chi connectivity index (χ1) is 12.1. The van der Waals surface area contributed by atoms with Gasteiger partial charge in [0.15, 0.2) is 0 Å². The van der Waals surface area contributed by atoms with Crippen LogP contribution in [-0.2, 0) is 9.53 Å². The van der Waals surface area contributed by atoms with Crippen LogP contribution in [0.2, 0.25) is 0 Å². The lowest BCUT2D eigenvalue weighted by atomic mass is 10.2. The highest BCUT2D eigenvalue weighted by Crippen LogP contribution is 2.22. The zero-order valence-electron chi connectivity index (χ0n) is 16.1. The summed E-state index contributed by atoms with van der Waals surface area (Å²) >= 11 is 0. The number of hydrogen-bond acceptors (Lipinski definition) is 5. The van der Waals surface area contributed by atoms with Crippen molar-refractivity contribution in [1.29, 1.82) is 0 Å². The van der Waals surface area contributed by atoms with Crippen LogP contribution in [0.25, 0.3) is 0 Å². The van der Waals surface area contributed by atoms with Gasteiger partial charge >= 0.3 is 0 Å². The van der Waals surface area contributed by atoms with Crippen LogP contribution in [-0.4, -0.2) is 97.8 Å². The number of rotatable bonds is 7. The second kappa shape index (κ2) is 9.31. The van der Waals surface area contributed by atoms with E-state index in [-0.39, 0.29) is 5.91 Å². The SMILES string of the molecule is CC1CCC(C)N1CCN1CCN(C(=O)CNCC2CCCO2)CC1. The van der Waals surface area contributed by atoms with Gasteiger partial charge in [-0.1, -0.05) is 0 Å². The molecule has 6 heteroatoms. The average molecular weight is 353 g/mol. The monoisotopic (exact) mass is 352 g/mol. The Morgan fingerprint density at radius 1 is 1.04 bits per heavy atom. The fourth-order valence-electron chi connectivity index (χ4n) is 4.42. The maximum absolute atomic E-state index is 12.3. The van der Waals surface area contributed by atoms with E-state index in [0.29, 0.717) is 12.6 Å². The largest absolute Gasteiger partial charge is 0.377 e. The van der Waals surface area contributed by atoms with Gasteiger partial charge in [-0.15, -0.1) is 0 Å². The molecule has 3 aliphatic rings. The molecular weight excluding hydrogens is 316 g/mol. The summed E-state index contributed by atoms with van der Waals surface area (Å²) < 4.78 is 5.58. The van der Waals surface area contributed by atoms with Gasteiger partial charge in [0.25, 0.3) is 0 Å². The molecule has 6 nitrogen and oxygen atoms in total. The van der Waals surface area contributed by atoms with Gasteiger partial charge in [0.2, 0.25) is 5.91 Å². The Balaban J connectivity index is 1.29. The summed E-state index contributed by atoms with van der Waals surface area (Å²) in [6.45, 7) is 12.9. The standard InChI is InChI=1S/C19H36N4O2/c1-16-5-6-17(2)23(16)12-9-21-7-10-22(11-8-21)19(24)15-20-14-18-4-3-13-25-18/h16-18,20H,3-15H2,1-2H3. The molecule has 0 aromatic heterocycles. The predicted molar refractivity (Wildman–Crippen MR) is 99.7 cm³/mol. The molecule has 0 radical (unpaired) electrons. The van der Waals surface area contributed by atoms with Crippen LogP contribution in [0.1, 0.15) is 39.5 Å². The molecule has 3 aliphatic heterocycles. The van der Waals surface area contributed by atoms with Crippen molar-refractivity contribution >= 4 is 5.91 Å². The van der Waals surface area contributed by atoms with E-state index in [2.05, 4.69) is 29.0 Å². The number of carbonyl (C=O) groups is 1. The van der Waals surface area contributed by atoms with Crippen LogP contribution >= 0.6 is 0 Å². The lowest BCUT2D eigenvalue weighted by Crippen LogP contribution is -2.52. The topological polar surface area (TPSA) is 48.0 Å². The Bertz CT molecular complexity index is 410. The first-order valence-electron chi connectivity index (χ1n) is 10.2. The molecule has 0 saturated carbocycles. The molecule has 0 aliphatic carbocycles. The molecule has 0 spiro atoms. The zero-order chi connectivity index (χ0) is 17.6. The molecular formula is C19H36N4O2. The normalized spacial score (nSPS) is 31.8. The third kappa shape index (κ3) is 5.39. The number of nitrogens with one attached hydrogen (secondary N) is 1. The second-order valence-corrected chi connectivity index (χ2v) is 8.00. The molecule has 3 heterocycles. The van der Waals surface area contributed by atoms with Gasteiger partial charge in [-0.2, -0.15) is 0 Å². The summed E-state index contributed by atoms with van der Waals surface area (Å²) in [5, 5.41) is 3.27. The van der Waals surface area contributed by atoms with E-state index < -0.39 is 0 Å². The van der Waals surface area contributed by atoms with Gasteiger partial charge in [0, 0.05) is 64.5 Å². The van der Waals surface area contributed by atoms with Crippen molar-refractivity contribution in [1.82, 2.24) is 20.0 Å². The zero-order valence-corrected chi connectivity index (χ0v) is 16.1. The predicted octanol–water partition coefficient (Wildman–Crippen LogP) is 0.772. The fraction of sp³-hybridized carbons (Fsp3) is 0.947. The number of piperazine rings is 1. The fourth-order valence-corrected chi connectivity index (χ4v) is 4.42. The van der Waals surface area contributed by atoms with Gasteiger partial charge in [-0.3, -0.25) is 14.6 Å². The Morgan fingerprint density at radius 3 is 2.40 bits per heavy atom. The van der Waals surface area contributed by atoms with Crippen LogP contribution in [0, 0.1) is 0 Å². The van der Waals surface area contributed by atoms with Crippen molar-refractivity contribution in [2.24, 2.45) is 0 Å². The maximum Gasteiger partial charge on any atom is 0.236 e. The van der Waals surface area contributed by atoms with Crippen LogP contribution in [0.4, 0.5) is 0 Å². The van der Waals surface area contributed by atoms with E-state index in [9.17, 15) is 4.79 Å². The molecule has 0 aromatic carbocycles. The minimum atomic E-state index is 0.236. The lowest BCUT2D eigenvalue weighted by molar-refractivity contribution is -0.132. The third-order valence-electron chi connectivity index (χ3n) is 6.21. The molecule has 3 rings (SSSR count). The molecule has 0 bridgehead atoms. The lowest BCUT2D eigenvalue weighted by Gasteiger charge is -2.36. The molecule has 1 N–H and O–H groups in total. The average Bonchev–Trinajstić information content (AvgIpc) is 3.24. The van der Waals surface area contributed by atoms with Crippen molar-refractivity contribution in [3.05, 3.63) is 0 Å². The summed E-state index contributed by atoms with van der Waals surface area (Å²) in [5.74, 6) is 0.236. The number of hydrogen-bond donors (Lipinski definition) is 1. The van der Waals surface area contributed by atoms with Crippen LogP contribution in [0.15, 0.2) is 0 Å². The van der Waals surface area contributed by atoms with Crippen molar-refractivity contribution in [2.45, 2.75) is 57.7 Å². The van der Waals surface area contributed by atoms with E-state index in [1.54, 1.807) is 0 Å². The molecule has 3 fully saturated rings. The minimum Gasteiger partial charge on any atom is -0.377 e. The van der Waals surface area contributed by atoms with E-state index in [0.717, 1.165) is 70.8 Å². The minimum absolute atomic E-state index is 0.236. The number of nitrogens with zero attached hydrogens (tertiary/aromatic N) is 3. The number of carbonyl (C=O) groups excluding carboxylic acids is 1. The van der Waals surface area contributed by atoms with Crippen molar-refractivity contribution in [3.8, 4) is 0 Å². The second-order valence-electron chi connectivity index (χ2n) is 8.00. The van der Waals surface area contributed by atoms with Gasteiger partial charge < -0.3 is 15.0 Å². The van der Waals surface area contributed by atoms with E-state index in [1.807, 2.05) is 4.90 Å². The van der Waals surface area contributed by atoms with Crippen LogP contribution < -0.4 is 5.32 Å². The summed E-state index contributed by atoms with van der Waals surface area (Å²) in [4.78, 5) is 19.5. The Morgan fingerprint density at radius 2 is 1.76 bits per heavy atom. The van der Waals surface area contributed by atoms with E-state index >= 15 is 0 Å². The van der Waals surface area contributed by atoms with Crippen LogP contribution in [0.5, 0.6) is 0 Å². The Kier molecular flexibility index (Phi) is 7.10.